The Labute approximate surface area is 181 Å². The molecule has 0 aromatic heterocycles. The number of sulfone groups is 1. The van der Waals surface area contributed by atoms with E-state index >= 15 is 0 Å². The maximum absolute atomic E-state index is 13.2. The lowest BCUT2D eigenvalue weighted by Crippen LogP contribution is -2.16. The zero-order valence-electron chi connectivity index (χ0n) is 16.9. The summed E-state index contributed by atoms with van der Waals surface area (Å²) in [6.07, 6.45) is 0.108. The highest BCUT2D eigenvalue weighted by Crippen LogP contribution is 2.38. The number of hydrogen-bond donors (Lipinski definition) is 2. The second-order valence-electron chi connectivity index (χ2n) is 7.21. The molecule has 0 unspecified atom stereocenters. The van der Waals surface area contributed by atoms with E-state index in [-0.39, 0.29) is 33.4 Å². The van der Waals surface area contributed by atoms with E-state index < -0.39 is 9.84 Å². The Hall–Kier alpha value is -2.83. The van der Waals surface area contributed by atoms with Crippen LogP contribution in [0.15, 0.2) is 64.4 Å². The minimum absolute atomic E-state index is 0.0792. The van der Waals surface area contributed by atoms with Crippen LogP contribution in [0.25, 0.3) is 0 Å². The summed E-state index contributed by atoms with van der Waals surface area (Å²) in [6.45, 7) is 5.02. The zero-order valence-corrected chi connectivity index (χ0v) is 18.4. The van der Waals surface area contributed by atoms with E-state index in [2.05, 4.69) is 5.32 Å². The van der Waals surface area contributed by atoms with E-state index in [1.54, 1.807) is 56.3 Å². The number of anilines is 1. The van der Waals surface area contributed by atoms with Crippen molar-refractivity contribution in [1.82, 2.24) is 0 Å². The average molecular weight is 444 g/mol. The molecule has 0 radical (unpaired) electrons. The van der Waals surface area contributed by atoms with Crippen molar-refractivity contribution in [3.05, 3.63) is 81.9 Å². The molecule has 0 aliphatic rings. The van der Waals surface area contributed by atoms with Gasteiger partial charge in [0.1, 0.15) is 10.6 Å². The van der Waals surface area contributed by atoms with Gasteiger partial charge in [-0.25, -0.2) is 8.42 Å². The Kier molecular flexibility index (Phi) is 6.19. The van der Waals surface area contributed by atoms with E-state index in [9.17, 15) is 18.3 Å². The van der Waals surface area contributed by atoms with E-state index in [1.807, 2.05) is 6.92 Å². The maximum atomic E-state index is 13.2. The molecule has 0 saturated heterocycles. The number of hydrogen-bond acceptors (Lipinski definition) is 4. The van der Waals surface area contributed by atoms with Crippen LogP contribution in [-0.2, 0) is 21.1 Å². The first-order valence-electron chi connectivity index (χ1n) is 9.29. The molecule has 0 fully saturated rings. The fourth-order valence-electron chi connectivity index (χ4n) is 3.15. The van der Waals surface area contributed by atoms with Gasteiger partial charge in [-0.2, -0.15) is 0 Å². The van der Waals surface area contributed by atoms with Gasteiger partial charge in [-0.05, 0) is 67.8 Å². The van der Waals surface area contributed by atoms with Crippen molar-refractivity contribution in [3.8, 4) is 5.75 Å². The van der Waals surface area contributed by atoms with Crippen LogP contribution < -0.4 is 5.32 Å². The normalized spacial score (nSPS) is 11.3. The summed E-state index contributed by atoms with van der Waals surface area (Å²) in [6, 6.07) is 14.9. The summed E-state index contributed by atoms with van der Waals surface area (Å²) in [5.74, 6) is -0.618. The van der Waals surface area contributed by atoms with Gasteiger partial charge in [0, 0.05) is 10.7 Å². The Balaban J connectivity index is 1.97. The van der Waals surface area contributed by atoms with Crippen molar-refractivity contribution in [2.45, 2.75) is 37.0 Å². The summed E-state index contributed by atoms with van der Waals surface area (Å²) in [5, 5.41) is 13.9. The molecule has 30 heavy (non-hydrogen) atoms. The highest BCUT2D eigenvalue weighted by molar-refractivity contribution is 7.91. The third-order valence-electron chi connectivity index (χ3n) is 4.85. The molecule has 0 heterocycles. The van der Waals surface area contributed by atoms with Crippen molar-refractivity contribution < 1.29 is 18.3 Å². The molecule has 3 aromatic rings. The molecule has 1 amide bonds. The van der Waals surface area contributed by atoms with Gasteiger partial charge in [-0.3, -0.25) is 4.79 Å². The number of carbonyl (C=O) groups is 1. The lowest BCUT2D eigenvalue weighted by molar-refractivity contribution is -0.115. The van der Waals surface area contributed by atoms with Gasteiger partial charge < -0.3 is 10.4 Å². The Bertz CT molecular complexity index is 1200. The lowest BCUT2D eigenvalue weighted by atomic mass is 10.1. The van der Waals surface area contributed by atoms with Crippen LogP contribution in [0.1, 0.15) is 22.3 Å². The van der Waals surface area contributed by atoms with Crippen LogP contribution in [0.2, 0.25) is 5.02 Å². The van der Waals surface area contributed by atoms with Crippen molar-refractivity contribution in [3.63, 3.8) is 0 Å². The third-order valence-corrected chi connectivity index (χ3v) is 7.03. The number of benzene rings is 3. The largest absolute Gasteiger partial charge is 0.506 e. The summed E-state index contributed by atoms with van der Waals surface area (Å²) in [7, 11) is -3.98. The molecule has 7 heteroatoms. The quantitative estimate of drug-likeness (QED) is 0.544. The van der Waals surface area contributed by atoms with Gasteiger partial charge in [-0.15, -0.1) is 0 Å². The molecule has 0 atom stereocenters. The van der Waals surface area contributed by atoms with E-state index in [0.29, 0.717) is 16.3 Å². The van der Waals surface area contributed by atoms with Crippen LogP contribution in [-0.4, -0.2) is 19.4 Å². The zero-order chi connectivity index (χ0) is 22.1. The van der Waals surface area contributed by atoms with Crippen LogP contribution in [0, 0.1) is 20.8 Å². The first kappa shape index (κ1) is 21.9. The second kappa shape index (κ2) is 8.50. The number of aromatic hydroxyl groups is 1. The molecule has 0 aliphatic heterocycles. The number of phenolic OH excluding ortho intramolecular Hbond substituents is 1. The van der Waals surface area contributed by atoms with Crippen LogP contribution >= 0.6 is 11.6 Å². The SMILES string of the molecule is Cc1ccc(S(=O)(=O)c2c(C)c(NC(=O)Cc3ccc(Cl)cc3)cc(C)c2O)cc1. The number of aryl methyl sites for hydroxylation is 2. The topological polar surface area (TPSA) is 83.5 Å². The molecule has 156 valence electrons. The summed E-state index contributed by atoms with van der Waals surface area (Å²) >= 11 is 5.87. The van der Waals surface area contributed by atoms with Gasteiger partial charge in [0.05, 0.1) is 11.3 Å². The predicted molar refractivity (Wildman–Crippen MR) is 118 cm³/mol. The molecular weight excluding hydrogens is 422 g/mol. The Morgan fingerprint density at radius 1 is 1.00 bits per heavy atom. The standard InChI is InChI=1S/C23H22ClNO4S/c1-14-4-10-19(11-5-14)30(28,29)23-16(3)20(12-15(2)22(23)27)25-21(26)13-17-6-8-18(24)9-7-17/h4-12,27H,13H2,1-3H3,(H,25,26). The fraction of sp³-hybridized carbons (Fsp3) is 0.174. The van der Waals surface area contributed by atoms with Crippen molar-refractivity contribution >= 4 is 33.0 Å². The van der Waals surface area contributed by atoms with Gasteiger partial charge in [0.2, 0.25) is 15.7 Å². The molecular formula is C23H22ClNO4S. The number of carbonyl (C=O) groups excluding carboxylic acids is 1. The monoisotopic (exact) mass is 443 g/mol. The third kappa shape index (κ3) is 4.50. The van der Waals surface area contributed by atoms with Gasteiger partial charge >= 0.3 is 0 Å². The highest BCUT2D eigenvalue weighted by Gasteiger charge is 2.27. The van der Waals surface area contributed by atoms with E-state index in [4.69, 9.17) is 11.6 Å². The minimum atomic E-state index is -3.98. The number of halogens is 1. The molecule has 2 N–H and O–H groups in total. The number of phenols is 1. The maximum Gasteiger partial charge on any atom is 0.228 e. The number of nitrogens with one attached hydrogen (secondary N) is 1. The van der Waals surface area contributed by atoms with Crippen molar-refractivity contribution in [1.29, 1.82) is 0 Å². The van der Waals surface area contributed by atoms with Crippen LogP contribution in [0.5, 0.6) is 5.75 Å². The molecule has 5 nitrogen and oxygen atoms in total. The average Bonchev–Trinajstić information content (AvgIpc) is 2.68. The summed E-state index contributed by atoms with van der Waals surface area (Å²) in [4.78, 5) is 12.4. The van der Waals surface area contributed by atoms with Crippen molar-refractivity contribution in [2.75, 3.05) is 5.32 Å². The molecule has 3 aromatic carbocycles. The first-order chi connectivity index (χ1) is 14.1. The van der Waals surface area contributed by atoms with Gasteiger partial charge in [-0.1, -0.05) is 41.4 Å². The minimum Gasteiger partial charge on any atom is -0.506 e. The molecule has 3 rings (SSSR count). The van der Waals surface area contributed by atoms with Gasteiger partial charge in [0.15, 0.2) is 0 Å². The summed E-state index contributed by atoms with van der Waals surface area (Å²) < 4.78 is 26.4. The predicted octanol–water partition coefficient (Wildman–Crippen LogP) is 4.98. The first-order valence-corrected chi connectivity index (χ1v) is 11.1. The van der Waals surface area contributed by atoms with Crippen molar-refractivity contribution in [2.24, 2.45) is 0 Å². The fourth-order valence-corrected chi connectivity index (χ4v) is 4.93. The smallest absolute Gasteiger partial charge is 0.228 e. The van der Waals surface area contributed by atoms with Gasteiger partial charge in [0.25, 0.3) is 0 Å². The lowest BCUT2D eigenvalue weighted by Gasteiger charge is -2.17. The molecule has 0 saturated carbocycles. The van der Waals surface area contributed by atoms with Crippen LogP contribution in [0.4, 0.5) is 5.69 Å². The van der Waals surface area contributed by atoms with Crippen LogP contribution in [0.3, 0.4) is 0 Å². The number of rotatable bonds is 5. The second-order valence-corrected chi connectivity index (χ2v) is 9.53. The Morgan fingerprint density at radius 3 is 2.20 bits per heavy atom. The van der Waals surface area contributed by atoms with E-state index in [0.717, 1.165) is 11.1 Å². The van der Waals surface area contributed by atoms with E-state index in [1.165, 1.54) is 12.1 Å². The summed E-state index contributed by atoms with van der Waals surface area (Å²) in [5.41, 5.74) is 2.68. The molecule has 0 bridgehead atoms. The molecule has 0 aliphatic carbocycles. The Morgan fingerprint density at radius 2 is 1.60 bits per heavy atom. The molecule has 0 spiro atoms. The highest BCUT2D eigenvalue weighted by atomic mass is 35.5. The number of amides is 1.